The van der Waals surface area contributed by atoms with Gasteiger partial charge in [0.1, 0.15) is 5.82 Å². The van der Waals surface area contributed by atoms with Gasteiger partial charge < -0.3 is 14.4 Å². The summed E-state index contributed by atoms with van der Waals surface area (Å²) in [7, 11) is -3.88. The number of nitrogens with zero attached hydrogens (tertiary/aromatic N) is 5. The van der Waals surface area contributed by atoms with Crippen molar-refractivity contribution >= 4 is 27.0 Å². The maximum absolute atomic E-state index is 13.8. The van der Waals surface area contributed by atoms with Gasteiger partial charge in [0, 0.05) is 31.3 Å². The summed E-state index contributed by atoms with van der Waals surface area (Å²) in [5.41, 5.74) is 0.647. The number of aromatic nitrogens is 4. The fourth-order valence-electron chi connectivity index (χ4n) is 3.60. The molecule has 13 heteroatoms. The molecule has 3 aromatic rings. The molecule has 0 unspecified atom stereocenters. The van der Waals surface area contributed by atoms with Crippen LogP contribution in [0.2, 0.25) is 0 Å². The van der Waals surface area contributed by atoms with Crippen LogP contribution in [0.4, 0.5) is 13.6 Å². The van der Waals surface area contributed by atoms with Gasteiger partial charge in [-0.2, -0.15) is 9.97 Å². The summed E-state index contributed by atoms with van der Waals surface area (Å²) in [4.78, 5) is 25.4. The number of sulfone groups is 1. The fourth-order valence-corrected chi connectivity index (χ4v) is 4.12. The van der Waals surface area contributed by atoms with Crippen molar-refractivity contribution in [3.05, 3.63) is 36.2 Å². The summed E-state index contributed by atoms with van der Waals surface area (Å²) in [5.74, 6) is -0.780. The van der Waals surface area contributed by atoms with E-state index < -0.39 is 27.2 Å². The number of imidazole rings is 1. The number of rotatable bonds is 9. The summed E-state index contributed by atoms with van der Waals surface area (Å²) < 4.78 is 63.9. The van der Waals surface area contributed by atoms with Crippen LogP contribution in [0.1, 0.15) is 32.0 Å². The molecule has 35 heavy (non-hydrogen) atoms. The van der Waals surface area contributed by atoms with Crippen molar-refractivity contribution in [2.45, 2.75) is 31.3 Å². The van der Waals surface area contributed by atoms with Crippen LogP contribution in [0.25, 0.3) is 16.9 Å². The van der Waals surface area contributed by atoms with Gasteiger partial charge in [0.15, 0.2) is 5.82 Å². The Kier molecular flexibility index (Phi) is 7.15. The number of amides is 1. The molecule has 2 aromatic heterocycles. The number of likely N-dealkylation sites (tertiary alicyclic amines) is 1. The minimum absolute atomic E-state index is 0.0143. The molecule has 1 saturated heterocycles. The van der Waals surface area contributed by atoms with E-state index in [-0.39, 0.29) is 30.3 Å². The van der Waals surface area contributed by atoms with Crippen LogP contribution in [0.15, 0.2) is 35.5 Å². The topological polar surface area (TPSA) is 117 Å². The lowest BCUT2D eigenvalue weighted by Crippen LogP contribution is -2.52. The van der Waals surface area contributed by atoms with Gasteiger partial charge in [0.2, 0.25) is 15.7 Å². The molecular formula is C22H25F2N5O5S. The molecule has 0 radical (unpaired) electrons. The molecule has 1 fully saturated rings. The van der Waals surface area contributed by atoms with Crippen molar-refractivity contribution in [3.63, 3.8) is 0 Å². The van der Waals surface area contributed by atoms with Crippen LogP contribution in [0.3, 0.4) is 0 Å². The van der Waals surface area contributed by atoms with Gasteiger partial charge in [-0.1, -0.05) is 25.5 Å². The van der Waals surface area contributed by atoms with Gasteiger partial charge in [0.05, 0.1) is 24.2 Å². The lowest BCUT2D eigenvalue weighted by molar-refractivity contribution is 0.0364. The van der Waals surface area contributed by atoms with E-state index in [2.05, 4.69) is 15.0 Å². The molecule has 0 atom stereocenters. The number of halogens is 2. The number of unbranched alkanes of at least 4 members (excludes halogenated alkanes) is 1. The molecule has 1 aromatic carbocycles. The second-order valence-corrected chi connectivity index (χ2v) is 10.2. The average molecular weight is 510 g/mol. The maximum Gasteiger partial charge on any atom is 0.409 e. The molecule has 0 bridgehead atoms. The Labute approximate surface area is 200 Å². The summed E-state index contributed by atoms with van der Waals surface area (Å²) in [6.45, 7) is 3.36. The lowest BCUT2D eigenvalue weighted by Gasteiger charge is -2.37. The van der Waals surface area contributed by atoms with Gasteiger partial charge in [0.25, 0.3) is 11.6 Å². The second kappa shape index (κ2) is 10.1. The largest absolute Gasteiger partial charge is 0.477 e. The standard InChI is InChI=1S/C22H25F2N5O5S/c1-3-4-9-33-22(30)28-11-14(12-28)13-34-18-10-17(26-21(27-18)35(2,31)32)29-16-8-6-5-7-15(16)25-20(29)19(23)24/h5-8,10,14,19H,3-4,9,11-13H2,1-2H3. The van der Waals surface area contributed by atoms with Gasteiger partial charge in [-0.25, -0.2) is 27.0 Å². The van der Waals surface area contributed by atoms with Gasteiger partial charge in [-0.15, -0.1) is 0 Å². The zero-order valence-electron chi connectivity index (χ0n) is 19.2. The Morgan fingerprint density at radius 3 is 2.63 bits per heavy atom. The van der Waals surface area contributed by atoms with Gasteiger partial charge in [-0.05, 0) is 18.6 Å². The summed E-state index contributed by atoms with van der Waals surface area (Å²) >= 11 is 0. The quantitative estimate of drug-likeness (QED) is 0.318. The minimum atomic E-state index is -3.88. The normalized spacial score (nSPS) is 14.4. The maximum atomic E-state index is 13.8. The first kappa shape index (κ1) is 24.8. The summed E-state index contributed by atoms with van der Waals surface area (Å²) in [5, 5.41) is -0.558. The van der Waals surface area contributed by atoms with Crippen molar-refractivity contribution in [3.8, 4) is 11.7 Å². The van der Waals surface area contributed by atoms with E-state index in [4.69, 9.17) is 9.47 Å². The number of hydrogen-bond donors (Lipinski definition) is 0. The minimum Gasteiger partial charge on any atom is -0.477 e. The third-order valence-electron chi connectivity index (χ3n) is 5.42. The van der Waals surface area contributed by atoms with Crippen LogP contribution >= 0.6 is 0 Å². The van der Waals surface area contributed by atoms with E-state index in [0.29, 0.717) is 30.7 Å². The number of para-hydroxylation sites is 2. The van der Waals surface area contributed by atoms with Crippen LogP contribution in [-0.4, -0.2) is 71.5 Å². The first-order valence-corrected chi connectivity index (χ1v) is 13.0. The molecule has 10 nitrogen and oxygen atoms in total. The van der Waals surface area contributed by atoms with Crippen molar-refractivity contribution in [2.24, 2.45) is 5.92 Å². The third kappa shape index (κ3) is 5.50. The molecule has 0 saturated carbocycles. The molecule has 0 aliphatic carbocycles. The highest BCUT2D eigenvalue weighted by Gasteiger charge is 2.32. The third-order valence-corrected chi connectivity index (χ3v) is 6.26. The Morgan fingerprint density at radius 2 is 1.94 bits per heavy atom. The van der Waals surface area contributed by atoms with E-state index in [1.807, 2.05) is 6.92 Å². The first-order chi connectivity index (χ1) is 16.7. The highest BCUT2D eigenvalue weighted by Crippen LogP contribution is 2.29. The molecule has 1 aliphatic rings. The monoisotopic (exact) mass is 509 g/mol. The van der Waals surface area contributed by atoms with Crippen molar-refractivity contribution < 1.29 is 31.5 Å². The van der Waals surface area contributed by atoms with Crippen LogP contribution in [-0.2, 0) is 14.6 Å². The Balaban J connectivity index is 1.56. The second-order valence-electron chi connectivity index (χ2n) is 8.26. The molecule has 1 aliphatic heterocycles. The highest BCUT2D eigenvalue weighted by atomic mass is 32.2. The molecular weight excluding hydrogens is 484 g/mol. The lowest BCUT2D eigenvalue weighted by atomic mass is 10.0. The van der Waals surface area contributed by atoms with E-state index in [9.17, 15) is 22.0 Å². The van der Waals surface area contributed by atoms with E-state index in [1.54, 1.807) is 29.2 Å². The average Bonchev–Trinajstić information content (AvgIpc) is 3.17. The zero-order valence-corrected chi connectivity index (χ0v) is 20.0. The van der Waals surface area contributed by atoms with Crippen LogP contribution in [0.5, 0.6) is 5.88 Å². The predicted octanol–water partition coefficient (Wildman–Crippen LogP) is 3.40. The smallest absolute Gasteiger partial charge is 0.409 e. The molecule has 4 rings (SSSR count). The Bertz CT molecular complexity index is 1330. The number of benzene rings is 1. The first-order valence-electron chi connectivity index (χ1n) is 11.1. The van der Waals surface area contributed by atoms with Crippen molar-refractivity contribution in [2.75, 3.05) is 32.6 Å². The van der Waals surface area contributed by atoms with E-state index in [1.165, 1.54) is 6.07 Å². The molecule has 1 amide bonds. The number of fused-ring (bicyclic) bond motifs is 1. The molecule has 3 heterocycles. The fraction of sp³-hybridized carbons (Fsp3) is 0.455. The number of hydrogen-bond acceptors (Lipinski definition) is 8. The van der Waals surface area contributed by atoms with Crippen LogP contribution < -0.4 is 4.74 Å². The number of alkyl halides is 2. The molecule has 188 valence electrons. The highest BCUT2D eigenvalue weighted by molar-refractivity contribution is 7.90. The SMILES string of the molecule is CCCCOC(=O)N1CC(COc2cc(-n3c(C(F)F)nc4ccccc43)nc(S(C)(=O)=O)n2)C1. The molecule has 0 N–H and O–H groups in total. The van der Waals surface area contributed by atoms with E-state index >= 15 is 0 Å². The number of carbonyl (C=O) groups excluding carboxylic acids is 1. The van der Waals surface area contributed by atoms with Crippen molar-refractivity contribution in [1.29, 1.82) is 0 Å². The Hall–Kier alpha value is -3.35. The number of carbonyl (C=O) groups is 1. The Morgan fingerprint density at radius 1 is 1.20 bits per heavy atom. The van der Waals surface area contributed by atoms with Gasteiger partial charge in [-0.3, -0.25) is 4.57 Å². The van der Waals surface area contributed by atoms with Gasteiger partial charge >= 0.3 is 6.09 Å². The summed E-state index contributed by atoms with van der Waals surface area (Å²) in [6, 6.07) is 7.77. The summed E-state index contributed by atoms with van der Waals surface area (Å²) in [6.07, 6.45) is -0.673. The molecule has 0 spiro atoms. The van der Waals surface area contributed by atoms with Crippen molar-refractivity contribution in [1.82, 2.24) is 24.4 Å². The number of ether oxygens (including phenoxy) is 2. The predicted molar refractivity (Wildman–Crippen MR) is 122 cm³/mol. The van der Waals surface area contributed by atoms with E-state index in [0.717, 1.165) is 23.7 Å². The van der Waals surface area contributed by atoms with Crippen LogP contribution in [0, 0.1) is 5.92 Å². The zero-order chi connectivity index (χ0) is 25.2.